The van der Waals surface area contributed by atoms with Crippen LogP contribution in [0.1, 0.15) is 18.5 Å². The zero-order valence-corrected chi connectivity index (χ0v) is 13.3. The van der Waals surface area contributed by atoms with Crippen LogP contribution in [0.4, 0.5) is 5.69 Å². The number of thiophene rings is 1. The SMILES string of the molecule is CC(N)c1cccc(NS(=O)(=O)c2sccc2Br)c1. The van der Waals surface area contributed by atoms with Gasteiger partial charge in [-0.25, -0.2) is 8.42 Å². The van der Waals surface area contributed by atoms with E-state index in [0.717, 1.165) is 16.9 Å². The van der Waals surface area contributed by atoms with E-state index in [4.69, 9.17) is 5.73 Å². The second-order valence-corrected chi connectivity index (χ2v) is 7.72. The lowest BCUT2D eigenvalue weighted by Gasteiger charge is -2.10. The van der Waals surface area contributed by atoms with Gasteiger partial charge in [0, 0.05) is 16.2 Å². The molecule has 0 radical (unpaired) electrons. The van der Waals surface area contributed by atoms with Crippen molar-refractivity contribution < 1.29 is 8.42 Å². The molecular weight excluding hydrogens is 348 g/mol. The van der Waals surface area contributed by atoms with Crippen molar-refractivity contribution in [3.8, 4) is 0 Å². The molecule has 0 aliphatic heterocycles. The van der Waals surface area contributed by atoms with E-state index in [9.17, 15) is 8.42 Å². The second kappa shape index (κ2) is 5.62. The van der Waals surface area contributed by atoms with Gasteiger partial charge in [0.2, 0.25) is 0 Å². The topological polar surface area (TPSA) is 72.2 Å². The van der Waals surface area contributed by atoms with Gasteiger partial charge in [0.25, 0.3) is 10.0 Å². The molecule has 1 aromatic carbocycles. The van der Waals surface area contributed by atoms with Crippen LogP contribution in [0.5, 0.6) is 0 Å². The Morgan fingerprint density at radius 2 is 2.11 bits per heavy atom. The second-order valence-electron chi connectivity index (χ2n) is 4.08. The summed E-state index contributed by atoms with van der Waals surface area (Å²) >= 11 is 4.39. The third-order valence-corrected chi connectivity index (χ3v) is 6.54. The van der Waals surface area contributed by atoms with E-state index in [-0.39, 0.29) is 10.3 Å². The molecule has 0 amide bonds. The minimum Gasteiger partial charge on any atom is -0.324 e. The van der Waals surface area contributed by atoms with E-state index in [1.807, 2.05) is 13.0 Å². The number of hydrogen-bond acceptors (Lipinski definition) is 4. The highest BCUT2D eigenvalue weighted by atomic mass is 79.9. The summed E-state index contributed by atoms with van der Waals surface area (Å²) in [7, 11) is -3.56. The molecule has 2 rings (SSSR count). The molecule has 1 atom stereocenters. The van der Waals surface area contributed by atoms with Crippen LogP contribution in [0.25, 0.3) is 0 Å². The number of sulfonamides is 1. The van der Waals surface area contributed by atoms with E-state index in [1.165, 1.54) is 0 Å². The Bertz CT molecular complexity index is 681. The van der Waals surface area contributed by atoms with Gasteiger partial charge in [-0.3, -0.25) is 4.72 Å². The molecule has 3 N–H and O–H groups in total. The van der Waals surface area contributed by atoms with Gasteiger partial charge in [-0.1, -0.05) is 12.1 Å². The molecule has 2 aromatic rings. The molecular formula is C12H13BrN2O2S2. The number of rotatable bonds is 4. The average Bonchev–Trinajstić information content (AvgIpc) is 2.76. The van der Waals surface area contributed by atoms with Crippen molar-refractivity contribution in [1.82, 2.24) is 0 Å². The van der Waals surface area contributed by atoms with Crippen molar-refractivity contribution in [2.24, 2.45) is 5.73 Å². The Hall–Kier alpha value is -0.890. The number of anilines is 1. The Morgan fingerprint density at radius 3 is 2.68 bits per heavy atom. The zero-order valence-electron chi connectivity index (χ0n) is 10.1. The number of benzene rings is 1. The van der Waals surface area contributed by atoms with Gasteiger partial charge < -0.3 is 5.73 Å². The smallest absolute Gasteiger partial charge is 0.272 e. The molecule has 1 aromatic heterocycles. The maximum atomic E-state index is 12.2. The van der Waals surface area contributed by atoms with Crippen molar-refractivity contribution in [3.63, 3.8) is 0 Å². The van der Waals surface area contributed by atoms with Crippen LogP contribution >= 0.6 is 27.3 Å². The molecule has 0 saturated heterocycles. The molecule has 0 saturated carbocycles. The summed E-state index contributed by atoms with van der Waals surface area (Å²) in [6, 6.07) is 8.65. The normalized spacial score (nSPS) is 13.2. The summed E-state index contributed by atoms with van der Waals surface area (Å²) < 4.78 is 27.8. The average molecular weight is 361 g/mol. The zero-order chi connectivity index (χ0) is 14.0. The highest BCUT2D eigenvalue weighted by Gasteiger charge is 2.19. The van der Waals surface area contributed by atoms with E-state index < -0.39 is 10.0 Å². The molecule has 0 spiro atoms. The molecule has 19 heavy (non-hydrogen) atoms. The summed E-state index contributed by atoms with van der Waals surface area (Å²) in [4.78, 5) is 0. The molecule has 0 aliphatic carbocycles. The van der Waals surface area contributed by atoms with Gasteiger partial charge in [-0.15, -0.1) is 11.3 Å². The van der Waals surface area contributed by atoms with E-state index in [0.29, 0.717) is 10.2 Å². The van der Waals surface area contributed by atoms with Crippen LogP contribution in [0, 0.1) is 0 Å². The quantitative estimate of drug-likeness (QED) is 0.877. The fourth-order valence-corrected chi connectivity index (χ4v) is 4.95. The first-order valence-electron chi connectivity index (χ1n) is 5.51. The first-order chi connectivity index (χ1) is 8.90. The highest BCUT2D eigenvalue weighted by Crippen LogP contribution is 2.29. The molecule has 0 bridgehead atoms. The third-order valence-electron chi connectivity index (χ3n) is 2.49. The number of nitrogens with two attached hydrogens (primary N) is 1. The van der Waals surface area contributed by atoms with Crippen LogP contribution in [0.3, 0.4) is 0 Å². The first-order valence-corrected chi connectivity index (χ1v) is 8.67. The summed E-state index contributed by atoms with van der Waals surface area (Å²) in [5.74, 6) is 0. The standard InChI is InChI=1S/C12H13BrN2O2S2/c1-8(14)9-3-2-4-10(7-9)15-19(16,17)12-11(13)5-6-18-12/h2-8,15H,14H2,1H3. The first kappa shape index (κ1) is 14.5. The Kier molecular flexibility index (Phi) is 4.29. The maximum Gasteiger partial charge on any atom is 0.272 e. The van der Waals surface area contributed by atoms with Gasteiger partial charge in [0.1, 0.15) is 0 Å². The number of nitrogens with one attached hydrogen (secondary N) is 1. The molecule has 7 heteroatoms. The van der Waals surface area contributed by atoms with E-state index in [1.54, 1.807) is 29.6 Å². The Labute approximate surface area is 124 Å². The highest BCUT2D eigenvalue weighted by molar-refractivity contribution is 9.10. The van der Waals surface area contributed by atoms with E-state index >= 15 is 0 Å². The van der Waals surface area contributed by atoms with Gasteiger partial charge >= 0.3 is 0 Å². The van der Waals surface area contributed by atoms with Crippen LogP contribution in [-0.4, -0.2) is 8.42 Å². The summed E-state index contributed by atoms with van der Waals surface area (Å²) in [6.07, 6.45) is 0. The Morgan fingerprint density at radius 1 is 1.37 bits per heavy atom. The predicted molar refractivity (Wildman–Crippen MR) is 81.9 cm³/mol. The number of hydrogen-bond donors (Lipinski definition) is 2. The Balaban J connectivity index is 2.31. The van der Waals surface area contributed by atoms with Gasteiger partial charge in [0.05, 0.1) is 0 Å². The van der Waals surface area contributed by atoms with Crippen molar-refractivity contribution in [2.75, 3.05) is 4.72 Å². The largest absolute Gasteiger partial charge is 0.324 e. The van der Waals surface area contributed by atoms with Crippen molar-refractivity contribution in [2.45, 2.75) is 17.2 Å². The van der Waals surface area contributed by atoms with E-state index in [2.05, 4.69) is 20.7 Å². The fourth-order valence-electron chi connectivity index (χ4n) is 1.56. The van der Waals surface area contributed by atoms with Crippen LogP contribution in [0.15, 0.2) is 44.4 Å². The summed E-state index contributed by atoms with van der Waals surface area (Å²) in [5.41, 5.74) is 7.17. The minimum absolute atomic E-state index is 0.141. The van der Waals surface area contributed by atoms with Crippen LogP contribution < -0.4 is 10.5 Å². The minimum atomic E-state index is -3.56. The number of halogens is 1. The molecule has 1 unspecified atom stereocenters. The molecule has 1 heterocycles. The summed E-state index contributed by atoms with van der Waals surface area (Å²) in [6.45, 7) is 1.85. The van der Waals surface area contributed by atoms with Gasteiger partial charge in [-0.05, 0) is 52.0 Å². The third kappa shape index (κ3) is 3.36. The predicted octanol–water partition coefficient (Wildman–Crippen LogP) is 3.33. The lowest BCUT2D eigenvalue weighted by atomic mass is 10.1. The van der Waals surface area contributed by atoms with Crippen molar-refractivity contribution in [3.05, 3.63) is 45.7 Å². The monoisotopic (exact) mass is 360 g/mol. The van der Waals surface area contributed by atoms with Gasteiger partial charge in [0.15, 0.2) is 4.21 Å². The molecule has 102 valence electrons. The summed E-state index contributed by atoms with van der Waals surface area (Å²) in [5, 5.41) is 1.72. The van der Waals surface area contributed by atoms with Crippen LogP contribution in [-0.2, 0) is 10.0 Å². The lowest BCUT2D eigenvalue weighted by molar-refractivity contribution is 0.603. The fraction of sp³-hybridized carbons (Fsp3) is 0.167. The lowest BCUT2D eigenvalue weighted by Crippen LogP contribution is -2.13. The van der Waals surface area contributed by atoms with Crippen LogP contribution in [0.2, 0.25) is 0 Å². The molecule has 4 nitrogen and oxygen atoms in total. The van der Waals surface area contributed by atoms with Crippen molar-refractivity contribution in [1.29, 1.82) is 0 Å². The maximum absolute atomic E-state index is 12.2. The molecule has 0 aliphatic rings. The van der Waals surface area contributed by atoms with Gasteiger partial charge in [-0.2, -0.15) is 0 Å². The molecule has 0 fully saturated rings. The van der Waals surface area contributed by atoms with Crippen molar-refractivity contribution >= 4 is 43.0 Å².